The highest BCUT2D eigenvalue weighted by molar-refractivity contribution is 5.27. The largest absolute Gasteiger partial charge is 0.381 e. The molecular formula is C20H28FN3O2. The summed E-state index contributed by atoms with van der Waals surface area (Å²) in [5.41, 5.74) is 0.924. The van der Waals surface area contributed by atoms with Crippen LogP contribution in [0.1, 0.15) is 63.9 Å². The zero-order valence-corrected chi connectivity index (χ0v) is 16.0. The molecule has 1 N–H and O–H groups in total. The summed E-state index contributed by atoms with van der Waals surface area (Å²) in [6.07, 6.45) is 1.80. The summed E-state index contributed by atoms with van der Waals surface area (Å²) in [7, 11) is 0. The highest BCUT2D eigenvalue weighted by Gasteiger charge is 2.35. The van der Waals surface area contributed by atoms with Crippen molar-refractivity contribution in [3.63, 3.8) is 0 Å². The second-order valence-corrected chi connectivity index (χ2v) is 8.21. The van der Waals surface area contributed by atoms with Crippen LogP contribution in [0.4, 0.5) is 4.39 Å². The molecule has 5 nitrogen and oxygen atoms in total. The van der Waals surface area contributed by atoms with E-state index in [0.717, 1.165) is 24.9 Å². The fourth-order valence-electron chi connectivity index (χ4n) is 3.28. The van der Waals surface area contributed by atoms with Crippen molar-refractivity contribution in [1.82, 2.24) is 15.5 Å². The highest BCUT2D eigenvalue weighted by Crippen LogP contribution is 2.35. The lowest BCUT2D eigenvalue weighted by atomic mass is 9.74. The van der Waals surface area contributed by atoms with Crippen molar-refractivity contribution in [3.05, 3.63) is 47.4 Å². The summed E-state index contributed by atoms with van der Waals surface area (Å²) in [4.78, 5) is 4.54. The van der Waals surface area contributed by atoms with Crippen LogP contribution in [0.5, 0.6) is 0 Å². The van der Waals surface area contributed by atoms with Gasteiger partial charge in [0.05, 0.1) is 6.04 Å². The molecule has 1 aromatic heterocycles. The average molecular weight is 361 g/mol. The molecule has 1 aliphatic heterocycles. The Kier molecular flexibility index (Phi) is 5.44. The minimum absolute atomic E-state index is 0.0567. The Morgan fingerprint density at radius 1 is 1.19 bits per heavy atom. The lowest BCUT2D eigenvalue weighted by molar-refractivity contribution is 0.0486. The maximum atomic E-state index is 13.3. The molecule has 1 aromatic carbocycles. The number of hydrogen-bond donors (Lipinski definition) is 1. The molecule has 142 valence electrons. The summed E-state index contributed by atoms with van der Waals surface area (Å²) in [5.74, 6) is 1.09. The fourth-order valence-corrected chi connectivity index (χ4v) is 3.28. The summed E-state index contributed by atoms with van der Waals surface area (Å²) in [6.45, 7) is 10.4. The molecule has 0 amide bonds. The number of aromatic nitrogens is 2. The normalized spacial score (nSPS) is 18.7. The van der Waals surface area contributed by atoms with E-state index in [9.17, 15) is 4.39 Å². The number of rotatable bonds is 5. The third kappa shape index (κ3) is 4.13. The smallest absolute Gasteiger partial charge is 0.243 e. The number of benzene rings is 1. The molecule has 0 saturated carbocycles. The van der Waals surface area contributed by atoms with Gasteiger partial charge in [-0.2, -0.15) is 4.98 Å². The molecule has 0 aliphatic carbocycles. The molecule has 0 unspecified atom stereocenters. The number of nitrogens with zero attached hydrogens (tertiary/aromatic N) is 2. The molecule has 6 heteroatoms. The average Bonchev–Trinajstić information content (AvgIpc) is 3.12. The van der Waals surface area contributed by atoms with Crippen molar-refractivity contribution in [2.24, 2.45) is 0 Å². The number of ether oxygens (including phenoxy) is 1. The predicted octanol–water partition coefficient (Wildman–Crippen LogP) is 3.91. The van der Waals surface area contributed by atoms with E-state index >= 15 is 0 Å². The van der Waals surface area contributed by atoms with E-state index in [1.165, 1.54) is 12.1 Å². The molecule has 1 aliphatic rings. The van der Waals surface area contributed by atoms with Crippen molar-refractivity contribution < 1.29 is 13.7 Å². The Hall–Kier alpha value is -1.79. The van der Waals surface area contributed by atoms with Gasteiger partial charge in [0.1, 0.15) is 5.82 Å². The highest BCUT2D eigenvalue weighted by atomic mass is 19.1. The van der Waals surface area contributed by atoms with Gasteiger partial charge in [0.2, 0.25) is 5.89 Å². The number of halogens is 1. The zero-order chi connectivity index (χ0) is 18.8. The molecule has 0 spiro atoms. The molecular weight excluding hydrogens is 333 g/mol. The molecule has 3 rings (SSSR count). The number of nitrogens with one attached hydrogen (secondary N) is 1. The van der Waals surface area contributed by atoms with Gasteiger partial charge in [-0.05, 0) is 37.5 Å². The monoisotopic (exact) mass is 361 g/mol. The van der Waals surface area contributed by atoms with Gasteiger partial charge in [-0.1, -0.05) is 38.1 Å². The SMILES string of the molecule is C[C@@H](NCC1(c2ccc(F)cc2)CCOCC1)c1nc(C(C)(C)C)no1. The molecule has 1 atom stereocenters. The van der Waals surface area contributed by atoms with Crippen LogP contribution in [0.15, 0.2) is 28.8 Å². The van der Waals surface area contributed by atoms with Gasteiger partial charge < -0.3 is 14.6 Å². The van der Waals surface area contributed by atoms with Gasteiger partial charge in [0, 0.05) is 30.6 Å². The van der Waals surface area contributed by atoms with E-state index in [1.54, 1.807) is 0 Å². The fraction of sp³-hybridized carbons (Fsp3) is 0.600. The van der Waals surface area contributed by atoms with E-state index in [0.29, 0.717) is 24.9 Å². The topological polar surface area (TPSA) is 60.2 Å². The summed E-state index contributed by atoms with van der Waals surface area (Å²) in [5, 5.41) is 7.64. The van der Waals surface area contributed by atoms with Crippen LogP contribution in [-0.2, 0) is 15.6 Å². The van der Waals surface area contributed by atoms with E-state index in [-0.39, 0.29) is 22.7 Å². The van der Waals surface area contributed by atoms with Crippen LogP contribution in [0.2, 0.25) is 0 Å². The Labute approximate surface area is 154 Å². The maximum Gasteiger partial charge on any atom is 0.243 e. The van der Waals surface area contributed by atoms with Gasteiger partial charge >= 0.3 is 0 Å². The van der Waals surface area contributed by atoms with Gasteiger partial charge in [-0.3, -0.25) is 0 Å². The van der Waals surface area contributed by atoms with Crippen molar-refractivity contribution in [2.45, 2.75) is 57.4 Å². The molecule has 0 bridgehead atoms. The first-order valence-corrected chi connectivity index (χ1v) is 9.21. The third-order valence-electron chi connectivity index (χ3n) is 5.14. The van der Waals surface area contributed by atoms with Crippen LogP contribution in [0, 0.1) is 5.82 Å². The summed E-state index contributed by atoms with van der Waals surface area (Å²) in [6, 6.07) is 6.78. The number of hydrogen-bond acceptors (Lipinski definition) is 5. The van der Waals surface area contributed by atoms with Crippen LogP contribution >= 0.6 is 0 Å². The quantitative estimate of drug-likeness (QED) is 0.875. The second-order valence-electron chi connectivity index (χ2n) is 8.21. The van der Waals surface area contributed by atoms with E-state index in [4.69, 9.17) is 9.26 Å². The Morgan fingerprint density at radius 3 is 2.42 bits per heavy atom. The minimum atomic E-state index is -0.210. The Morgan fingerprint density at radius 2 is 1.85 bits per heavy atom. The van der Waals surface area contributed by atoms with Crippen molar-refractivity contribution in [3.8, 4) is 0 Å². The lowest BCUT2D eigenvalue weighted by Gasteiger charge is -2.38. The molecule has 2 aromatic rings. The van der Waals surface area contributed by atoms with Gasteiger partial charge in [-0.25, -0.2) is 4.39 Å². The Bertz CT molecular complexity index is 715. The zero-order valence-electron chi connectivity index (χ0n) is 16.0. The first-order valence-electron chi connectivity index (χ1n) is 9.21. The van der Waals surface area contributed by atoms with Crippen LogP contribution in [0.3, 0.4) is 0 Å². The van der Waals surface area contributed by atoms with E-state index < -0.39 is 0 Å². The van der Waals surface area contributed by atoms with Gasteiger partial charge in [-0.15, -0.1) is 0 Å². The molecule has 1 saturated heterocycles. The van der Waals surface area contributed by atoms with Crippen LogP contribution in [0.25, 0.3) is 0 Å². The van der Waals surface area contributed by atoms with Crippen LogP contribution < -0.4 is 5.32 Å². The minimum Gasteiger partial charge on any atom is -0.381 e. The van der Waals surface area contributed by atoms with Crippen LogP contribution in [-0.4, -0.2) is 29.9 Å². The van der Waals surface area contributed by atoms with E-state index in [1.807, 2.05) is 19.1 Å². The first kappa shape index (κ1) is 19.0. The maximum absolute atomic E-state index is 13.3. The van der Waals surface area contributed by atoms with Crippen molar-refractivity contribution in [1.29, 1.82) is 0 Å². The van der Waals surface area contributed by atoms with E-state index in [2.05, 4.69) is 36.2 Å². The molecule has 26 heavy (non-hydrogen) atoms. The standard InChI is InChI=1S/C20H28FN3O2/c1-14(17-23-18(24-26-17)19(2,3)4)22-13-20(9-11-25-12-10-20)15-5-7-16(21)8-6-15/h5-8,14,22H,9-13H2,1-4H3/t14-/m1/s1. The third-order valence-corrected chi connectivity index (χ3v) is 5.14. The molecule has 2 heterocycles. The Balaban J connectivity index is 1.73. The van der Waals surface area contributed by atoms with Crippen molar-refractivity contribution >= 4 is 0 Å². The predicted molar refractivity (Wildman–Crippen MR) is 97.5 cm³/mol. The van der Waals surface area contributed by atoms with Gasteiger partial charge in [0.15, 0.2) is 5.82 Å². The summed E-state index contributed by atoms with van der Waals surface area (Å²) < 4.78 is 24.4. The molecule has 1 fully saturated rings. The molecule has 0 radical (unpaired) electrons. The summed E-state index contributed by atoms with van der Waals surface area (Å²) >= 11 is 0. The first-order chi connectivity index (χ1) is 12.3. The lowest BCUT2D eigenvalue weighted by Crippen LogP contribution is -2.43. The second kappa shape index (κ2) is 7.45. The van der Waals surface area contributed by atoms with Gasteiger partial charge in [0.25, 0.3) is 0 Å². The van der Waals surface area contributed by atoms with Crippen molar-refractivity contribution in [2.75, 3.05) is 19.8 Å².